The second-order valence-corrected chi connectivity index (χ2v) is 5.69. The van der Waals surface area contributed by atoms with Crippen molar-refractivity contribution in [2.75, 3.05) is 0 Å². The number of Topliss-reactive ketones (excluding diaryl/α,β-unsaturated/α-hetero) is 1. The molecule has 0 radical (unpaired) electrons. The molecule has 0 saturated carbocycles. The van der Waals surface area contributed by atoms with Crippen molar-refractivity contribution in [3.8, 4) is 17.2 Å². The van der Waals surface area contributed by atoms with E-state index in [9.17, 15) is 14.4 Å². The maximum Gasteiger partial charge on any atom is 0.308 e. The molecule has 2 aromatic carbocycles. The molecule has 0 aliphatic carbocycles. The van der Waals surface area contributed by atoms with Crippen molar-refractivity contribution >= 4 is 23.8 Å². The Kier molecular flexibility index (Phi) is 5.17. The Balaban J connectivity index is 1.93. The number of carbonyl (C=O) groups is 3. The van der Waals surface area contributed by atoms with E-state index in [0.717, 1.165) is 5.56 Å². The van der Waals surface area contributed by atoms with Crippen molar-refractivity contribution < 1.29 is 28.6 Å². The normalized spacial score (nSPS) is 14.1. The third-order valence-corrected chi connectivity index (χ3v) is 3.59. The molecule has 6 heteroatoms. The lowest BCUT2D eigenvalue weighted by Crippen LogP contribution is -2.08. The minimum absolute atomic E-state index is 0.00493. The first-order valence-electron chi connectivity index (χ1n) is 8.15. The molecule has 0 amide bonds. The molecule has 6 nitrogen and oxygen atoms in total. The van der Waals surface area contributed by atoms with Gasteiger partial charge in [0.05, 0.1) is 5.56 Å². The molecule has 1 heterocycles. The number of benzene rings is 2. The monoisotopic (exact) mass is 364 g/mol. The SMILES string of the molecule is CC(=O)Oc1ccc2c(c1OC(C)=O)O/C(=C/C=C/c1ccccc1)C2=O. The van der Waals surface area contributed by atoms with Gasteiger partial charge in [0.2, 0.25) is 11.5 Å². The topological polar surface area (TPSA) is 78.9 Å². The van der Waals surface area contributed by atoms with Gasteiger partial charge < -0.3 is 14.2 Å². The Morgan fingerprint density at radius 1 is 0.963 bits per heavy atom. The summed E-state index contributed by atoms with van der Waals surface area (Å²) in [6.07, 6.45) is 5.04. The van der Waals surface area contributed by atoms with E-state index in [-0.39, 0.29) is 34.4 Å². The zero-order valence-corrected chi connectivity index (χ0v) is 14.7. The summed E-state index contributed by atoms with van der Waals surface area (Å²) in [7, 11) is 0. The second-order valence-electron chi connectivity index (χ2n) is 5.69. The van der Waals surface area contributed by atoms with Crippen molar-refractivity contribution in [1.29, 1.82) is 0 Å². The van der Waals surface area contributed by atoms with Crippen LogP contribution >= 0.6 is 0 Å². The van der Waals surface area contributed by atoms with Crippen LogP contribution in [-0.2, 0) is 9.59 Å². The lowest BCUT2D eigenvalue weighted by Gasteiger charge is -2.11. The highest BCUT2D eigenvalue weighted by molar-refractivity contribution is 6.13. The summed E-state index contributed by atoms with van der Waals surface area (Å²) in [6, 6.07) is 12.4. The molecule has 1 aliphatic rings. The van der Waals surface area contributed by atoms with E-state index < -0.39 is 11.9 Å². The van der Waals surface area contributed by atoms with Gasteiger partial charge in [-0.15, -0.1) is 0 Å². The van der Waals surface area contributed by atoms with Crippen molar-refractivity contribution in [2.45, 2.75) is 13.8 Å². The number of hydrogen-bond donors (Lipinski definition) is 0. The Bertz CT molecular complexity index is 970. The molecule has 0 unspecified atom stereocenters. The molecule has 0 atom stereocenters. The van der Waals surface area contributed by atoms with Gasteiger partial charge in [0.25, 0.3) is 0 Å². The van der Waals surface area contributed by atoms with Gasteiger partial charge in [-0.05, 0) is 23.8 Å². The number of carbonyl (C=O) groups excluding carboxylic acids is 3. The molecular weight excluding hydrogens is 348 g/mol. The average Bonchev–Trinajstić information content (AvgIpc) is 2.94. The van der Waals surface area contributed by atoms with Gasteiger partial charge in [-0.3, -0.25) is 14.4 Å². The number of hydrogen-bond acceptors (Lipinski definition) is 6. The molecule has 1 aliphatic heterocycles. The Morgan fingerprint density at radius 2 is 1.67 bits per heavy atom. The highest BCUT2D eigenvalue weighted by atomic mass is 16.6. The van der Waals surface area contributed by atoms with E-state index in [1.54, 1.807) is 6.08 Å². The highest BCUT2D eigenvalue weighted by Crippen LogP contribution is 2.45. The van der Waals surface area contributed by atoms with Crippen molar-refractivity contribution in [3.05, 3.63) is 71.5 Å². The molecular formula is C21H16O6. The number of rotatable bonds is 4. The van der Waals surface area contributed by atoms with E-state index >= 15 is 0 Å². The fourth-order valence-corrected chi connectivity index (χ4v) is 2.51. The van der Waals surface area contributed by atoms with Gasteiger partial charge in [0.15, 0.2) is 17.3 Å². The van der Waals surface area contributed by atoms with E-state index in [1.165, 1.54) is 32.1 Å². The van der Waals surface area contributed by atoms with Gasteiger partial charge in [-0.2, -0.15) is 0 Å². The summed E-state index contributed by atoms with van der Waals surface area (Å²) in [6.45, 7) is 2.42. The van der Waals surface area contributed by atoms with E-state index in [2.05, 4.69) is 0 Å². The van der Waals surface area contributed by atoms with E-state index in [4.69, 9.17) is 14.2 Å². The zero-order chi connectivity index (χ0) is 19.4. The van der Waals surface area contributed by atoms with Crippen molar-refractivity contribution in [3.63, 3.8) is 0 Å². The number of fused-ring (bicyclic) bond motifs is 1. The molecule has 2 aromatic rings. The Morgan fingerprint density at radius 3 is 2.33 bits per heavy atom. The minimum Gasteiger partial charge on any atom is -0.448 e. The average molecular weight is 364 g/mol. The molecule has 0 spiro atoms. The maximum atomic E-state index is 12.5. The smallest absolute Gasteiger partial charge is 0.308 e. The lowest BCUT2D eigenvalue weighted by atomic mass is 10.1. The molecule has 136 valence electrons. The van der Waals surface area contributed by atoms with Gasteiger partial charge in [0, 0.05) is 13.8 Å². The van der Waals surface area contributed by atoms with E-state index in [1.807, 2.05) is 36.4 Å². The summed E-state index contributed by atoms with van der Waals surface area (Å²) >= 11 is 0. The van der Waals surface area contributed by atoms with Crippen LogP contribution in [0, 0.1) is 0 Å². The number of ether oxygens (including phenoxy) is 3. The maximum absolute atomic E-state index is 12.5. The summed E-state index contributed by atoms with van der Waals surface area (Å²) in [4.78, 5) is 35.2. The molecule has 0 saturated heterocycles. The number of ketones is 1. The first-order valence-corrected chi connectivity index (χ1v) is 8.15. The summed E-state index contributed by atoms with van der Waals surface area (Å²) in [5, 5.41) is 0. The quantitative estimate of drug-likeness (QED) is 0.467. The molecule has 0 fully saturated rings. The molecule has 27 heavy (non-hydrogen) atoms. The van der Waals surface area contributed by atoms with Gasteiger partial charge >= 0.3 is 11.9 Å². The first kappa shape index (κ1) is 18.1. The van der Waals surface area contributed by atoms with Crippen molar-refractivity contribution in [1.82, 2.24) is 0 Å². The third-order valence-electron chi connectivity index (χ3n) is 3.59. The standard InChI is InChI=1S/C21H16O6/c1-13(22)25-18-12-11-16-19(24)17(27-20(16)21(18)26-14(2)23)10-6-9-15-7-4-3-5-8-15/h3-12H,1-2H3/b9-6+,17-10+. The van der Waals surface area contributed by atoms with Crippen molar-refractivity contribution in [2.24, 2.45) is 0 Å². The number of allylic oxidation sites excluding steroid dienone is 3. The predicted octanol–water partition coefficient (Wildman–Crippen LogP) is 3.71. The number of esters is 2. The van der Waals surface area contributed by atoms with Gasteiger partial charge in [-0.25, -0.2) is 0 Å². The van der Waals surface area contributed by atoms with Crippen LogP contribution in [0.1, 0.15) is 29.8 Å². The Hall–Kier alpha value is -3.67. The van der Waals surface area contributed by atoms with Gasteiger partial charge in [0.1, 0.15) is 0 Å². The first-order chi connectivity index (χ1) is 13.0. The van der Waals surface area contributed by atoms with Crippen LogP contribution in [0.5, 0.6) is 17.2 Å². The second kappa shape index (κ2) is 7.70. The molecule has 3 rings (SSSR count). The van der Waals surface area contributed by atoms with Crippen LogP contribution in [0.3, 0.4) is 0 Å². The lowest BCUT2D eigenvalue weighted by molar-refractivity contribution is -0.134. The molecule has 0 bridgehead atoms. The largest absolute Gasteiger partial charge is 0.448 e. The fourth-order valence-electron chi connectivity index (χ4n) is 2.51. The third kappa shape index (κ3) is 4.12. The molecule has 0 N–H and O–H groups in total. The fraction of sp³-hybridized carbons (Fsp3) is 0.0952. The van der Waals surface area contributed by atoms with Crippen LogP contribution in [0.4, 0.5) is 0 Å². The zero-order valence-electron chi connectivity index (χ0n) is 14.7. The van der Waals surface area contributed by atoms with Crippen LogP contribution in [0.15, 0.2) is 60.4 Å². The Labute approximate surface area is 155 Å². The van der Waals surface area contributed by atoms with E-state index in [0.29, 0.717) is 0 Å². The van der Waals surface area contributed by atoms with Gasteiger partial charge in [-0.1, -0.05) is 42.5 Å². The molecule has 0 aromatic heterocycles. The summed E-state index contributed by atoms with van der Waals surface area (Å²) < 4.78 is 15.8. The van der Waals surface area contributed by atoms with Crippen LogP contribution in [0.2, 0.25) is 0 Å². The highest BCUT2D eigenvalue weighted by Gasteiger charge is 2.33. The predicted molar refractivity (Wildman–Crippen MR) is 97.6 cm³/mol. The minimum atomic E-state index is -0.630. The van der Waals surface area contributed by atoms with Crippen LogP contribution < -0.4 is 14.2 Å². The summed E-state index contributed by atoms with van der Waals surface area (Å²) in [5.74, 6) is -1.54. The summed E-state index contributed by atoms with van der Waals surface area (Å²) in [5.41, 5.74) is 1.19. The van der Waals surface area contributed by atoms with Crippen LogP contribution in [0.25, 0.3) is 6.08 Å². The van der Waals surface area contributed by atoms with Crippen LogP contribution in [-0.4, -0.2) is 17.7 Å².